The molecule has 3 aromatic carbocycles. The number of hydrogen-bond donors (Lipinski definition) is 2. The highest BCUT2D eigenvalue weighted by Crippen LogP contribution is 2.25. The van der Waals surface area contributed by atoms with Crippen LogP contribution in [0, 0.1) is 6.92 Å². The van der Waals surface area contributed by atoms with Gasteiger partial charge >= 0.3 is 0 Å². The van der Waals surface area contributed by atoms with Gasteiger partial charge in [0.15, 0.2) is 11.7 Å². The maximum Gasteiger partial charge on any atom is 0.261 e. The zero-order valence-corrected chi connectivity index (χ0v) is 19.9. The van der Waals surface area contributed by atoms with Crippen molar-refractivity contribution < 1.29 is 17.6 Å². The number of anilines is 2. The third-order valence-electron chi connectivity index (χ3n) is 5.07. The van der Waals surface area contributed by atoms with Crippen LogP contribution in [0.15, 0.2) is 88.3 Å². The fourth-order valence-electron chi connectivity index (χ4n) is 3.23. The van der Waals surface area contributed by atoms with Crippen LogP contribution in [0.5, 0.6) is 0 Å². The van der Waals surface area contributed by atoms with Gasteiger partial charge in [0.05, 0.1) is 16.8 Å². The second kappa shape index (κ2) is 10.1. The lowest BCUT2D eigenvalue weighted by Gasteiger charge is -2.13. The second-order valence-corrected chi connectivity index (χ2v) is 9.74. The highest BCUT2D eigenvalue weighted by Gasteiger charge is 2.16. The number of amides is 1. The Labute approximate surface area is 202 Å². The van der Waals surface area contributed by atoms with Crippen molar-refractivity contribution in [1.82, 2.24) is 4.98 Å². The van der Waals surface area contributed by atoms with Crippen LogP contribution in [0.1, 0.15) is 17.9 Å². The molecule has 0 saturated heterocycles. The van der Waals surface area contributed by atoms with E-state index in [9.17, 15) is 13.2 Å². The van der Waals surface area contributed by atoms with Crippen molar-refractivity contribution in [3.8, 4) is 11.3 Å². The van der Waals surface area contributed by atoms with Gasteiger partial charge in [-0.25, -0.2) is 13.4 Å². The van der Waals surface area contributed by atoms with Gasteiger partial charge in [-0.2, -0.15) is 0 Å². The van der Waals surface area contributed by atoms with Crippen molar-refractivity contribution in [3.05, 3.63) is 95.5 Å². The second-order valence-electron chi connectivity index (χ2n) is 7.62. The van der Waals surface area contributed by atoms with Crippen LogP contribution in [-0.4, -0.2) is 19.3 Å². The standard InChI is InChI=1S/C25H22ClN3O4S/c1-17-7-12-20(15-22(17)29-34(31,32)21-5-3-2-4-6-21)28-24(30)13-14-25-27-16-23(33-25)18-8-10-19(26)11-9-18/h2-12,15-16,29H,13-14H2,1H3,(H,28,30). The number of rotatable bonds is 8. The Balaban J connectivity index is 1.38. The molecule has 1 heterocycles. The van der Waals surface area contributed by atoms with E-state index in [1.807, 2.05) is 12.1 Å². The van der Waals surface area contributed by atoms with Crippen molar-refractivity contribution in [2.75, 3.05) is 10.0 Å². The number of carbonyl (C=O) groups excluding carboxylic acids is 1. The molecule has 2 N–H and O–H groups in total. The van der Waals surface area contributed by atoms with Crippen LogP contribution in [-0.2, 0) is 21.2 Å². The fraction of sp³-hybridized carbons (Fsp3) is 0.120. The van der Waals surface area contributed by atoms with E-state index in [4.69, 9.17) is 16.0 Å². The number of sulfonamides is 1. The van der Waals surface area contributed by atoms with E-state index in [2.05, 4.69) is 15.0 Å². The molecular weight excluding hydrogens is 474 g/mol. The van der Waals surface area contributed by atoms with Crippen molar-refractivity contribution in [1.29, 1.82) is 0 Å². The quantitative estimate of drug-likeness (QED) is 0.327. The van der Waals surface area contributed by atoms with Crippen molar-refractivity contribution in [2.45, 2.75) is 24.7 Å². The minimum atomic E-state index is -3.74. The molecular formula is C25H22ClN3O4S. The van der Waals surface area contributed by atoms with Crippen LogP contribution in [0.2, 0.25) is 5.02 Å². The summed E-state index contributed by atoms with van der Waals surface area (Å²) >= 11 is 5.91. The third kappa shape index (κ3) is 5.84. The molecule has 0 radical (unpaired) electrons. The smallest absolute Gasteiger partial charge is 0.261 e. The lowest BCUT2D eigenvalue weighted by Crippen LogP contribution is -2.15. The maximum atomic E-state index is 12.6. The van der Waals surface area contributed by atoms with E-state index in [-0.39, 0.29) is 17.2 Å². The van der Waals surface area contributed by atoms with E-state index in [1.54, 1.807) is 61.7 Å². The molecule has 34 heavy (non-hydrogen) atoms. The normalized spacial score (nSPS) is 11.2. The summed E-state index contributed by atoms with van der Waals surface area (Å²) in [7, 11) is -3.74. The molecule has 0 aliphatic heterocycles. The first-order chi connectivity index (χ1) is 16.3. The lowest BCUT2D eigenvalue weighted by molar-refractivity contribution is -0.116. The molecule has 0 aliphatic rings. The molecule has 4 aromatic rings. The first kappa shape index (κ1) is 23.5. The van der Waals surface area contributed by atoms with Crippen molar-refractivity contribution >= 4 is 38.9 Å². The van der Waals surface area contributed by atoms with Gasteiger partial charge in [-0.05, 0) is 61.0 Å². The van der Waals surface area contributed by atoms with Gasteiger partial charge < -0.3 is 9.73 Å². The summed E-state index contributed by atoms with van der Waals surface area (Å²) in [5, 5.41) is 3.42. The summed E-state index contributed by atoms with van der Waals surface area (Å²) < 4.78 is 33.6. The van der Waals surface area contributed by atoms with Gasteiger partial charge in [0.25, 0.3) is 10.0 Å². The van der Waals surface area contributed by atoms with Crippen LogP contribution in [0.25, 0.3) is 11.3 Å². The largest absolute Gasteiger partial charge is 0.441 e. The van der Waals surface area contributed by atoms with Gasteiger partial charge in [-0.1, -0.05) is 35.9 Å². The number of aryl methyl sites for hydroxylation is 2. The van der Waals surface area contributed by atoms with E-state index in [0.29, 0.717) is 34.5 Å². The number of benzene rings is 3. The molecule has 0 unspecified atom stereocenters. The fourth-order valence-corrected chi connectivity index (χ4v) is 4.50. The number of hydrogen-bond acceptors (Lipinski definition) is 5. The Bertz CT molecular complexity index is 1400. The summed E-state index contributed by atoms with van der Waals surface area (Å²) in [5.41, 5.74) is 2.45. The molecule has 174 valence electrons. The van der Waals surface area contributed by atoms with E-state index in [0.717, 1.165) is 11.1 Å². The lowest BCUT2D eigenvalue weighted by atomic mass is 10.2. The zero-order valence-electron chi connectivity index (χ0n) is 18.3. The van der Waals surface area contributed by atoms with Gasteiger partial charge in [-0.3, -0.25) is 9.52 Å². The summed E-state index contributed by atoms with van der Waals surface area (Å²) in [4.78, 5) is 16.9. The molecule has 0 bridgehead atoms. The molecule has 0 fully saturated rings. The summed E-state index contributed by atoms with van der Waals surface area (Å²) in [6.07, 6.45) is 2.08. The highest BCUT2D eigenvalue weighted by molar-refractivity contribution is 7.92. The van der Waals surface area contributed by atoms with Gasteiger partial charge in [0, 0.05) is 29.1 Å². The first-order valence-corrected chi connectivity index (χ1v) is 12.4. The molecule has 9 heteroatoms. The SMILES string of the molecule is Cc1ccc(NC(=O)CCc2ncc(-c3ccc(Cl)cc3)o2)cc1NS(=O)(=O)c1ccccc1. The van der Waals surface area contributed by atoms with Crippen LogP contribution in [0.3, 0.4) is 0 Å². The Morgan fingerprint density at radius 1 is 1.03 bits per heavy atom. The Hall–Kier alpha value is -3.62. The number of carbonyl (C=O) groups is 1. The van der Waals surface area contributed by atoms with Crippen molar-refractivity contribution in [3.63, 3.8) is 0 Å². The average Bonchev–Trinajstić information content (AvgIpc) is 3.30. The minimum absolute atomic E-state index is 0.152. The zero-order chi connectivity index (χ0) is 24.1. The minimum Gasteiger partial charge on any atom is -0.441 e. The molecule has 0 atom stereocenters. The predicted molar refractivity (Wildman–Crippen MR) is 132 cm³/mol. The number of oxazole rings is 1. The van der Waals surface area contributed by atoms with Gasteiger partial charge in [-0.15, -0.1) is 0 Å². The number of aromatic nitrogens is 1. The molecule has 7 nitrogen and oxygen atoms in total. The first-order valence-electron chi connectivity index (χ1n) is 10.5. The molecule has 1 aromatic heterocycles. The summed E-state index contributed by atoms with van der Waals surface area (Å²) in [6.45, 7) is 1.79. The number of nitrogens with one attached hydrogen (secondary N) is 2. The van der Waals surface area contributed by atoms with E-state index >= 15 is 0 Å². The Kier molecular flexibility index (Phi) is 7.00. The third-order valence-corrected chi connectivity index (χ3v) is 6.70. The molecule has 0 aliphatic carbocycles. The molecule has 0 spiro atoms. The summed E-state index contributed by atoms with van der Waals surface area (Å²) in [5.74, 6) is 0.799. The maximum absolute atomic E-state index is 12.6. The monoisotopic (exact) mass is 495 g/mol. The van der Waals surface area contributed by atoms with Crippen molar-refractivity contribution in [2.24, 2.45) is 0 Å². The predicted octanol–water partition coefficient (Wildman–Crippen LogP) is 5.68. The van der Waals surface area contributed by atoms with Crippen LogP contribution in [0.4, 0.5) is 11.4 Å². The topological polar surface area (TPSA) is 101 Å². The highest BCUT2D eigenvalue weighted by atomic mass is 35.5. The van der Waals surface area contributed by atoms with Gasteiger partial charge in [0.2, 0.25) is 5.91 Å². The Morgan fingerprint density at radius 2 is 1.76 bits per heavy atom. The number of nitrogens with zero attached hydrogens (tertiary/aromatic N) is 1. The van der Waals surface area contributed by atoms with E-state index < -0.39 is 10.0 Å². The average molecular weight is 496 g/mol. The van der Waals surface area contributed by atoms with E-state index in [1.165, 1.54) is 12.1 Å². The Morgan fingerprint density at radius 3 is 2.50 bits per heavy atom. The van der Waals surface area contributed by atoms with Gasteiger partial charge in [0.1, 0.15) is 0 Å². The molecule has 1 amide bonds. The number of halogens is 1. The van der Waals surface area contributed by atoms with Crippen LogP contribution < -0.4 is 10.0 Å². The summed E-state index contributed by atoms with van der Waals surface area (Å²) in [6, 6.07) is 20.4. The van der Waals surface area contributed by atoms with Crippen LogP contribution >= 0.6 is 11.6 Å². The molecule has 0 saturated carbocycles. The molecule has 4 rings (SSSR count).